The van der Waals surface area contributed by atoms with Crippen LogP contribution in [-0.2, 0) is 25.5 Å². The van der Waals surface area contributed by atoms with Gasteiger partial charge in [-0.05, 0) is 49.7 Å². The van der Waals surface area contributed by atoms with Gasteiger partial charge in [-0.15, -0.1) is 0 Å². The molecule has 2 aliphatic rings. The second-order valence-corrected chi connectivity index (χ2v) is 8.62. The highest BCUT2D eigenvalue weighted by molar-refractivity contribution is 5.89. The van der Waals surface area contributed by atoms with Gasteiger partial charge in [0.05, 0.1) is 12.6 Å². The monoisotopic (exact) mass is 436 g/mol. The molecule has 0 radical (unpaired) electrons. The quantitative estimate of drug-likeness (QED) is 0.513. The van der Waals surface area contributed by atoms with E-state index in [2.05, 4.69) is 60.6 Å². The van der Waals surface area contributed by atoms with Crippen molar-refractivity contribution >= 4 is 28.7 Å². The van der Waals surface area contributed by atoms with Crippen molar-refractivity contribution in [2.75, 3.05) is 20.2 Å². The lowest BCUT2D eigenvalue weighted by molar-refractivity contribution is -0.191. The molecule has 2 aromatic rings. The van der Waals surface area contributed by atoms with Gasteiger partial charge in [0.1, 0.15) is 0 Å². The third-order valence-corrected chi connectivity index (χ3v) is 7.16. The lowest BCUT2D eigenvalue weighted by Gasteiger charge is -2.42. The fourth-order valence-electron chi connectivity index (χ4n) is 5.54. The fraction of sp³-hybridized carbons (Fsp3) is 0.462. The van der Waals surface area contributed by atoms with Gasteiger partial charge in [0.15, 0.2) is 0 Å². The van der Waals surface area contributed by atoms with Crippen LogP contribution >= 0.6 is 0 Å². The lowest BCUT2D eigenvalue weighted by atomic mass is 9.67. The number of aromatic nitrogens is 1. The van der Waals surface area contributed by atoms with Gasteiger partial charge in [0.25, 0.3) is 0 Å². The summed E-state index contributed by atoms with van der Waals surface area (Å²) in [6.45, 7) is 8.90. The Morgan fingerprint density at radius 1 is 1.28 bits per heavy atom. The number of nitrogens with zero attached hydrogens (tertiary/aromatic N) is 2. The van der Waals surface area contributed by atoms with E-state index in [9.17, 15) is 4.79 Å². The average molecular weight is 437 g/mol. The summed E-state index contributed by atoms with van der Waals surface area (Å²) in [4.78, 5) is 30.1. The summed E-state index contributed by atoms with van der Waals surface area (Å²) in [6.07, 6.45) is 10.6. The van der Waals surface area contributed by atoms with Crippen LogP contribution < -0.4 is 0 Å². The molecule has 1 aromatic carbocycles. The van der Waals surface area contributed by atoms with E-state index in [-0.39, 0.29) is 17.5 Å². The maximum absolute atomic E-state index is 11.6. The first kappa shape index (κ1) is 23.6. The summed E-state index contributed by atoms with van der Waals surface area (Å²) in [7, 11) is 1.42. The molecule has 2 atom stereocenters. The van der Waals surface area contributed by atoms with E-state index in [1.807, 2.05) is 6.20 Å². The third-order valence-electron chi connectivity index (χ3n) is 7.16. The fourth-order valence-corrected chi connectivity index (χ4v) is 5.54. The van der Waals surface area contributed by atoms with E-state index in [0.717, 1.165) is 38.8 Å². The molecule has 0 saturated carbocycles. The normalized spacial score (nSPS) is 22.6. The molecule has 0 spiro atoms. The molecule has 2 aliphatic heterocycles. The molecule has 0 saturated heterocycles. The van der Waals surface area contributed by atoms with Gasteiger partial charge in [0, 0.05) is 48.1 Å². The van der Waals surface area contributed by atoms with Crippen LogP contribution in [0.3, 0.4) is 0 Å². The number of carbonyl (C=O) groups is 1. The van der Waals surface area contributed by atoms with Crippen LogP contribution in [-0.4, -0.2) is 41.8 Å². The molecular weight excluding hydrogens is 404 g/mol. The number of methoxy groups -OCH3 is 1. The number of carbonyl (C=O) groups excluding carboxylic acids is 3. The van der Waals surface area contributed by atoms with Gasteiger partial charge in [-0.1, -0.05) is 38.1 Å². The maximum atomic E-state index is 11.6. The van der Waals surface area contributed by atoms with Crippen molar-refractivity contribution in [2.45, 2.75) is 52.4 Å². The number of para-hydroxylation sites is 1. The summed E-state index contributed by atoms with van der Waals surface area (Å²) < 4.78 is 7.28. The van der Waals surface area contributed by atoms with Gasteiger partial charge in [-0.3, -0.25) is 0 Å². The Kier molecular flexibility index (Phi) is 7.37. The third kappa shape index (κ3) is 4.28. The number of ether oxygens (including phenoxy) is 1. The zero-order valence-electron chi connectivity index (χ0n) is 19.4. The highest BCUT2D eigenvalue weighted by atomic mass is 16.5. The summed E-state index contributed by atoms with van der Waals surface area (Å²) in [5.74, 6) is 0.200. The van der Waals surface area contributed by atoms with Crippen molar-refractivity contribution in [1.29, 1.82) is 0 Å². The summed E-state index contributed by atoms with van der Waals surface area (Å²) in [6, 6.07) is 8.81. The van der Waals surface area contributed by atoms with Gasteiger partial charge in [-0.2, -0.15) is 9.59 Å². The molecular formula is C26H32N2O4. The molecule has 1 aromatic heterocycles. The Balaban J connectivity index is 0.000000913. The number of esters is 1. The van der Waals surface area contributed by atoms with Crippen molar-refractivity contribution in [1.82, 2.24) is 9.47 Å². The maximum Gasteiger partial charge on any atom is 0.373 e. The van der Waals surface area contributed by atoms with Crippen molar-refractivity contribution in [2.24, 2.45) is 5.41 Å². The zero-order valence-corrected chi connectivity index (χ0v) is 19.4. The van der Waals surface area contributed by atoms with Crippen molar-refractivity contribution < 1.29 is 19.1 Å². The minimum absolute atomic E-state index is 0.193. The zero-order chi connectivity index (χ0) is 23.3. The van der Waals surface area contributed by atoms with E-state index >= 15 is 0 Å². The minimum Gasteiger partial charge on any atom is -0.466 e. The van der Waals surface area contributed by atoms with Crippen LogP contribution in [0, 0.1) is 5.41 Å². The molecule has 6 nitrogen and oxygen atoms in total. The first-order valence-electron chi connectivity index (χ1n) is 11.2. The molecule has 2 unspecified atom stereocenters. The predicted octanol–water partition coefficient (Wildman–Crippen LogP) is 4.76. The van der Waals surface area contributed by atoms with E-state index < -0.39 is 0 Å². The summed E-state index contributed by atoms with van der Waals surface area (Å²) in [5, 5.41) is 1.37. The Labute approximate surface area is 189 Å². The SMILES string of the molecule is CCC12C=C(C)n3c(c(c4ccccc43)CCN(/C=C/C(=O)OC)CCC1)C2C.O=C=O. The summed E-state index contributed by atoms with van der Waals surface area (Å²) in [5.41, 5.74) is 5.84. The topological polar surface area (TPSA) is 68.6 Å². The van der Waals surface area contributed by atoms with Gasteiger partial charge < -0.3 is 14.2 Å². The Morgan fingerprint density at radius 3 is 2.69 bits per heavy atom. The second-order valence-electron chi connectivity index (χ2n) is 8.62. The van der Waals surface area contributed by atoms with Crippen LogP contribution in [0.1, 0.15) is 57.2 Å². The molecule has 0 N–H and O–H groups in total. The number of allylic oxidation sites excluding steroid dienone is 2. The molecule has 0 fully saturated rings. The van der Waals surface area contributed by atoms with Crippen molar-refractivity contribution in [3.05, 3.63) is 53.9 Å². The van der Waals surface area contributed by atoms with Crippen LogP contribution in [0.15, 0.2) is 42.6 Å². The Hall–Kier alpha value is -3.11. The molecule has 3 heterocycles. The van der Waals surface area contributed by atoms with Gasteiger partial charge in [0.2, 0.25) is 0 Å². The van der Waals surface area contributed by atoms with E-state index in [1.165, 1.54) is 35.0 Å². The number of rotatable bonds is 3. The van der Waals surface area contributed by atoms with Crippen LogP contribution in [0.5, 0.6) is 0 Å². The van der Waals surface area contributed by atoms with Gasteiger partial charge >= 0.3 is 12.1 Å². The predicted molar refractivity (Wildman–Crippen MR) is 124 cm³/mol. The van der Waals surface area contributed by atoms with Crippen molar-refractivity contribution in [3.8, 4) is 0 Å². The Bertz CT molecular complexity index is 1070. The molecule has 170 valence electrons. The molecule has 6 heteroatoms. The smallest absolute Gasteiger partial charge is 0.373 e. The molecule has 32 heavy (non-hydrogen) atoms. The van der Waals surface area contributed by atoms with E-state index in [0.29, 0.717) is 5.92 Å². The molecule has 0 amide bonds. The number of hydrogen-bond acceptors (Lipinski definition) is 5. The average Bonchev–Trinajstić information content (AvgIpc) is 3.13. The van der Waals surface area contributed by atoms with Gasteiger partial charge in [-0.25, -0.2) is 4.79 Å². The number of benzene rings is 1. The van der Waals surface area contributed by atoms with E-state index in [1.54, 1.807) is 6.08 Å². The van der Waals surface area contributed by atoms with Crippen molar-refractivity contribution in [3.63, 3.8) is 0 Å². The first-order chi connectivity index (χ1) is 15.4. The number of hydrogen-bond donors (Lipinski definition) is 0. The van der Waals surface area contributed by atoms with E-state index in [4.69, 9.17) is 14.3 Å². The van der Waals surface area contributed by atoms with Crippen LogP contribution in [0.2, 0.25) is 0 Å². The Morgan fingerprint density at radius 2 is 2.00 bits per heavy atom. The highest BCUT2D eigenvalue weighted by Crippen LogP contribution is 2.52. The highest BCUT2D eigenvalue weighted by Gasteiger charge is 2.40. The molecule has 0 aliphatic carbocycles. The van der Waals surface area contributed by atoms with Crippen LogP contribution in [0.4, 0.5) is 0 Å². The lowest BCUT2D eigenvalue weighted by Crippen LogP contribution is -2.34. The minimum atomic E-state index is -0.296. The van der Waals surface area contributed by atoms with Crippen LogP contribution in [0.25, 0.3) is 16.6 Å². The second kappa shape index (κ2) is 10.0. The molecule has 2 bridgehead atoms. The molecule has 4 rings (SSSR count). The standard InChI is InChI=1S/C25H32N2O2.CO2/c1-5-25-13-8-14-26(16-12-23(28)29-4)15-11-21-20-9-6-7-10-22(20)27(18(2)17-25)24(21)19(25)3;2-1-3/h6-7,9-10,12,16-17,19H,5,8,11,13-15H2,1-4H3;/b16-12+;. The first-order valence-corrected chi connectivity index (χ1v) is 11.2. The summed E-state index contributed by atoms with van der Waals surface area (Å²) >= 11 is 0. The number of fused-ring (bicyclic) bond motifs is 4. The largest absolute Gasteiger partial charge is 0.466 e.